The van der Waals surface area contributed by atoms with E-state index in [9.17, 15) is 19.5 Å². The van der Waals surface area contributed by atoms with Gasteiger partial charge in [-0.15, -0.1) is 11.8 Å². The molecule has 0 heterocycles. The lowest BCUT2D eigenvalue weighted by Crippen LogP contribution is -2.34. The molecule has 0 spiro atoms. The number of rotatable bonds is 7. The first kappa shape index (κ1) is 23.9. The molecule has 3 rings (SSSR count). The Bertz CT molecular complexity index is 1060. The molecule has 2 amide bonds. The van der Waals surface area contributed by atoms with Gasteiger partial charge in [0.1, 0.15) is 0 Å². The molecule has 3 atom stereocenters. The summed E-state index contributed by atoms with van der Waals surface area (Å²) in [5.74, 6) is -2.78. The van der Waals surface area contributed by atoms with Crippen LogP contribution in [0.25, 0.3) is 0 Å². The highest BCUT2D eigenvalue weighted by Crippen LogP contribution is 2.30. The zero-order valence-corrected chi connectivity index (χ0v) is 19.4. The summed E-state index contributed by atoms with van der Waals surface area (Å²) in [7, 11) is 0. The molecule has 1 aliphatic carbocycles. The van der Waals surface area contributed by atoms with Gasteiger partial charge in [0.25, 0.3) is 0 Å². The minimum absolute atomic E-state index is 0.164. The largest absolute Gasteiger partial charge is 0.481 e. The number of carbonyl (C=O) groups is 3. The van der Waals surface area contributed by atoms with E-state index in [0.29, 0.717) is 29.2 Å². The molecule has 1 aliphatic rings. The lowest BCUT2D eigenvalue weighted by atomic mass is 9.82. The third-order valence-electron chi connectivity index (χ3n) is 5.31. The molecule has 0 aliphatic heterocycles. The van der Waals surface area contributed by atoms with Crippen LogP contribution in [-0.2, 0) is 14.4 Å². The number of carboxylic acids is 1. The van der Waals surface area contributed by atoms with Gasteiger partial charge in [0.05, 0.1) is 17.1 Å². The van der Waals surface area contributed by atoms with Gasteiger partial charge in [0.2, 0.25) is 11.8 Å². The molecule has 0 radical (unpaired) electrons. The van der Waals surface area contributed by atoms with E-state index in [-0.39, 0.29) is 17.1 Å². The van der Waals surface area contributed by atoms with Crippen LogP contribution in [0.1, 0.15) is 25.3 Å². The van der Waals surface area contributed by atoms with Crippen molar-refractivity contribution in [2.45, 2.75) is 36.8 Å². The number of carboxylic acid groups (broad SMARTS) is 1. The summed E-state index contributed by atoms with van der Waals surface area (Å²) in [5.41, 5.74) is 2.13. The second kappa shape index (κ2) is 10.7. The van der Waals surface area contributed by atoms with Crippen LogP contribution in [0, 0.1) is 18.8 Å². The fourth-order valence-corrected chi connectivity index (χ4v) is 4.54. The van der Waals surface area contributed by atoms with Crippen LogP contribution in [0.5, 0.6) is 0 Å². The Hall–Kier alpha value is -2.77. The number of aryl methyl sites for hydroxylation is 1. The molecule has 2 aromatic rings. The van der Waals surface area contributed by atoms with Crippen molar-refractivity contribution < 1.29 is 19.5 Å². The standard InChI is InChI=1S/C24H25ClN2O4S/c1-14-10-11-17(13-21(14)25)26-22(28)15(2)32-18-7-5-6-16(12-18)27-23(29)19-8-3-4-9-20(19)24(30)31/h3-7,10-13,15,19-20H,8-9H2,1-2H3,(H,26,28)(H,27,29)(H,30,31). The minimum atomic E-state index is -0.964. The fraction of sp³-hybridized carbons (Fsp3) is 0.292. The number of aliphatic carboxylic acids is 1. The van der Waals surface area contributed by atoms with Crippen LogP contribution in [0.2, 0.25) is 5.02 Å². The third-order valence-corrected chi connectivity index (χ3v) is 6.81. The highest BCUT2D eigenvalue weighted by atomic mass is 35.5. The first-order valence-electron chi connectivity index (χ1n) is 10.3. The fourth-order valence-electron chi connectivity index (χ4n) is 3.43. The summed E-state index contributed by atoms with van der Waals surface area (Å²) in [4.78, 5) is 37.5. The second-order valence-corrected chi connectivity index (χ2v) is 9.55. The molecule has 3 N–H and O–H groups in total. The van der Waals surface area contributed by atoms with Gasteiger partial charge in [-0.25, -0.2) is 0 Å². The first-order valence-corrected chi connectivity index (χ1v) is 11.5. The Balaban J connectivity index is 1.62. The van der Waals surface area contributed by atoms with E-state index >= 15 is 0 Å². The van der Waals surface area contributed by atoms with Crippen molar-refractivity contribution in [2.75, 3.05) is 10.6 Å². The van der Waals surface area contributed by atoms with Crippen molar-refractivity contribution >= 4 is 52.5 Å². The van der Waals surface area contributed by atoms with Gasteiger partial charge in [0.15, 0.2) is 0 Å². The normalized spacial score (nSPS) is 18.6. The van der Waals surface area contributed by atoms with E-state index in [4.69, 9.17) is 11.6 Å². The molecule has 32 heavy (non-hydrogen) atoms. The van der Waals surface area contributed by atoms with Crippen LogP contribution in [0.3, 0.4) is 0 Å². The predicted octanol–water partition coefficient (Wildman–Crippen LogP) is 5.37. The van der Waals surface area contributed by atoms with Gasteiger partial charge in [-0.2, -0.15) is 0 Å². The van der Waals surface area contributed by atoms with Crippen molar-refractivity contribution in [3.05, 3.63) is 65.2 Å². The molecular formula is C24H25ClN2O4S. The summed E-state index contributed by atoms with van der Waals surface area (Å²) >= 11 is 7.48. The van der Waals surface area contributed by atoms with E-state index in [0.717, 1.165) is 10.5 Å². The number of allylic oxidation sites excluding steroid dienone is 2. The Labute approximate surface area is 196 Å². The maximum atomic E-state index is 12.7. The quantitative estimate of drug-likeness (QED) is 0.371. The molecule has 6 nitrogen and oxygen atoms in total. The maximum Gasteiger partial charge on any atom is 0.307 e. The highest BCUT2D eigenvalue weighted by molar-refractivity contribution is 8.00. The average Bonchev–Trinajstić information content (AvgIpc) is 2.76. The number of hydrogen-bond donors (Lipinski definition) is 3. The molecule has 0 aromatic heterocycles. The molecule has 168 valence electrons. The van der Waals surface area contributed by atoms with Gasteiger partial charge in [-0.05, 0) is 62.6 Å². The summed E-state index contributed by atoms with van der Waals surface area (Å²) in [5, 5.41) is 15.3. The van der Waals surface area contributed by atoms with Crippen LogP contribution in [-0.4, -0.2) is 28.1 Å². The number of nitrogens with one attached hydrogen (secondary N) is 2. The monoisotopic (exact) mass is 472 g/mol. The van der Waals surface area contributed by atoms with Crippen molar-refractivity contribution in [1.29, 1.82) is 0 Å². The summed E-state index contributed by atoms with van der Waals surface area (Å²) in [6.45, 7) is 3.69. The lowest BCUT2D eigenvalue weighted by molar-refractivity contribution is -0.146. The van der Waals surface area contributed by atoms with Crippen molar-refractivity contribution in [1.82, 2.24) is 0 Å². The van der Waals surface area contributed by atoms with Crippen molar-refractivity contribution in [2.24, 2.45) is 11.8 Å². The molecule has 8 heteroatoms. The smallest absolute Gasteiger partial charge is 0.307 e. The third kappa shape index (κ3) is 6.14. The minimum Gasteiger partial charge on any atom is -0.481 e. The van der Waals surface area contributed by atoms with Crippen LogP contribution in [0.15, 0.2) is 59.5 Å². The Morgan fingerprint density at radius 2 is 1.72 bits per heavy atom. The van der Waals surface area contributed by atoms with E-state index in [1.54, 1.807) is 43.3 Å². The van der Waals surface area contributed by atoms with E-state index in [2.05, 4.69) is 10.6 Å². The number of amides is 2. The zero-order valence-electron chi connectivity index (χ0n) is 17.8. The van der Waals surface area contributed by atoms with E-state index in [1.165, 1.54) is 11.8 Å². The van der Waals surface area contributed by atoms with E-state index < -0.39 is 17.8 Å². The molecule has 3 unspecified atom stereocenters. The second-order valence-electron chi connectivity index (χ2n) is 7.72. The lowest BCUT2D eigenvalue weighted by Gasteiger charge is -2.24. The SMILES string of the molecule is Cc1ccc(NC(=O)C(C)Sc2cccc(NC(=O)C3CC=CCC3C(=O)O)c2)cc1Cl. The van der Waals surface area contributed by atoms with Gasteiger partial charge in [-0.1, -0.05) is 35.9 Å². The number of anilines is 2. The van der Waals surface area contributed by atoms with Gasteiger partial charge >= 0.3 is 5.97 Å². The number of carbonyl (C=O) groups excluding carboxylic acids is 2. The number of halogens is 1. The van der Waals surface area contributed by atoms with Gasteiger partial charge in [0, 0.05) is 21.3 Å². The molecule has 0 saturated heterocycles. The summed E-state index contributed by atoms with van der Waals surface area (Å²) in [6.07, 6.45) is 4.40. The van der Waals surface area contributed by atoms with Gasteiger partial charge in [-0.3, -0.25) is 14.4 Å². The van der Waals surface area contributed by atoms with Crippen LogP contribution >= 0.6 is 23.4 Å². The number of thioether (sulfide) groups is 1. The Morgan fingerprint density at radius 3 is 2.41 bits per heavy atom. The average molecular weight is 473 g/mol. The maximum absolute atomic E-state index is 12.7. The molecule has 2 aromatic carbocycles. The van der Waals surface area contributed by atoms with Crippen LogP contribution < -0.4 is 10.6 Å². The molecule has 0 fully saturated rings. The molecule has 0 saturated carbocycles. The molecule has 0 bridgehead atoms. The van der Waals surface area contributed by atoms with E-state index in [1.807, 2.05) is 25.1 Å². The zero-order chi connectivity index (χ0) is 23.3. The van der Waals surface area contributed by atoms with Crippen molar-refractivity contribution in [3.8, 4) is 0 Å². The first-order chi connectivity index (χ1) is 15.2. The van der Waals surface area contributed by atoms with Crippen LogP contribution in [0.4, 0.5) is 11.4 Å². The summed E-state index contributed by atoms with van der Waals surface area (Å²) < 4.78 is 0. The highest BCUT2D eigenvalue weighted by Gasteiger charge is 2.34. The number of benzene rings is 2. The predicted molar refractivity (Wildman–Crippen MR) is 128 cm³/mol. The van der Waals surface area contributed by atoms with Crippen molar-refractivity contribution in [3.63, 3.8) is 0 Å². The Morgan fingerprint density at radius 1 is 1.03 bits per heavy atom. The Kier molecular flexibility index (Phi) is 7.99. The summed E-state index contributed by atoms with van der Waals surface area (Å²) in [6, 6.07) is 12.5. The molecular weight excluding hydrogens is 448 g/mol. The topological polar surface area (TPSA) is 95.5 Å². The van der Waals surface area contributed by atoms with Gasteiger partial charge < -0.3 is 15.7 Å². The number of hydrogen-bond acceptors (Lipinski definition) is 4.